The molecule has 1 saturated heterocycles. The Hall–Kier alpha value is -6.49. The minimum Gasteiger partial charge on any atom is -0.480 e. The number of aliphatic carboxylic acids is 4. The smallest absolute Gasteiger partial charge is 0.320 e. The van der Waals surface area contributed by atoms with E-state index in [9.17, 15) is 81.1 Å². The van der Waals surface area contributed by atoms with Gasteiger partial charge in [0.25, 0.3) is 0 Å². The molecule has 0 aliphatic carbocycles. The number of anilines is 1. The van der Waals surface area contributed by atoms with E-state index in [1.807, 2.05) is 33.8 Å². The molecule has 4 amide bonds. The van der Waals surface area contributed by atoms with Crippen LogP contribution in [0.4, 0.5) is 23.2 Å². The van der Waals surface area contributed by atoms with E-state index in [-0.39, 0.29) is 163 Å². The van der Waals surface area contributed by atoms with Gasteiger partial charge < -0.3 is 70.1 Å². The van der Waals surface area contributed by atoms with Gasteiger partial charge in [0, 0.05) is 107 Å². The molecule has 1 fully saturated rings. The first kappa shape index (κ1) is 76.8. The molecule has 1 aliphatic heterocycles. The second-order valence-electron chi connectivity index (χ2n) is 20.7. The number of hydrogen-bond donors (Lipinski definition) is 8. The minimum absolute atomic E-state index is 0.0183. The summed E-state index contributed by atoms with van der Waals surface area (Å²) in [6.45, 7) is 7.71. The molecule has 89 heavy (non-hydrogen) atoms. The van der Waals surface area contributed by atoms with Gasteiger partial charge in [-0.3, -0.25) is 62.8 Å². The third kappa shape index (κ3) is 30.3. The van der Waals surface area contributed by atoms with Crippen molar-refractivity contribution < 1.29 is 110 Å². The number of halogens is 5. The summed E-state index contributed by atoms with van der Waals surface area (Å²) in [4.78, 5) is 120. The minimum atomic E-state index is -1.91. The number of carbonyl (C=O) groups is 9. The molecule has 0 saturated carbocycles. The van der Waals surface area contributed by atoms with Crippen LogP contribution in [0.15, 0.2) is 16.6 Å². The van der Waals surface area contributed by atoms with Gasteiger partial charge in [0.1, 0.15) is 12.1 Å². The SMILES string of the molecule is CCOCCOCCOCC(NC(=O)[C@@H](CCC(=O)Nc1c(C)cc(C)c(Br)c1C)NC(=O)CCCCC(=O)Oc1c(F)c(F)cc(F)c1F)OCCOCCNC(=O)CCC(C(=O)O)N1CCN(CC(=O)O)CCN(CC(=O)O)CCN(CC(=O)O)CC1. The standard InChI is InChI=1S/C57H83BrF4N8O19/c1-5-84-24-25-86-26-27-87-35-46(88-29-28-85-23-14-63-43(71)13-11-42(57(82)83)70-21-19-68(33-48(76)77)17-15-67(32-47(74)75)16-18-69(20-22-70)34-49(78)79)66-56(81)41(10-12-45(73)65-54-37(3)30-36(2)51(58)38(54)4)64-44(72)8-6-7-9-50(80)89-55-52(61)39(59)31-40(60)53(55)62/h30-31,41-42,46H,5-29,32-35H2,1-4H3,(H,63,71)(H,64,72)(H,65,73)(H,66,81)(H,74,75)(H,76,77)(H,78,79)(H,82,83)/t41-,42?,46?/m1/s1. The molecule has 2 aromatic carbocycles. The zero-order chi connectivity index (χ0) is 66.0. The Kier molecular flexibility index (Phi) is 36.0. The summed E-state index contributed by atoms with van der Waals surface area (Å²) in [6, 6.07) is -0.769. The molecule has 0 spiro atoms. The average molecular weight is 1340 g/mol. The number of carbonyl (C=O) groups excluding carboxylic acids is 5. The highest BCUT2D eigenvalue weighted by Crippen LogP contribution is 2.31. The van der Waals surface area contributed by atoms with Crippen molar-refractivity contribution in [2.45, 2.75) is 97.4 Å². The first-order valence-electron chi connectivity index (χ1n) is 29.0. The van der Waals surface area contributed by atoms with E-state index >= 15 is 0 Å². The molecule has 2 unspecified atom stereocenters. The van der Waals surface area contributed by atoms with E-state index in [2.05, 4.69) is 41.9 Å². The number of amides is 4. The lowest BCUT2D eigenvalue weighted by atomic mass is 10.0. The summed E-state index contributed by atoms with van der Waals surface area (Å²) in [7, 11) is 0. The first-order chi connectivity index (χ1) is 42.3. The van der Waals surface area contributed by atoms with Crippen molar-refractivity contribution in [3.8, 4) is 5.75 Å². The van der Waals surface area contributed by atoms with E-state index in [1.54, 1.807) is 19.6 Å². The monoisotopic (exact) mass is 1340 g/mol. The molecule has 27 nitrogen and oxygen atoms in total. The molecule has 32 heteroatoms. The third-order valence-electron chi connectivity index (χ3n) is 13.7. The highest BCUT2D eigenvalue weighted by atomic mass is 79.9. The zero-order valence-electron chi connectivity index (χ0n) is 50.5. The molecular formula is C57H83BrF4N8O19. The molecule has 0 bridgehead atoms. The molecule has 500 valence electrons. The van der Waals surface area contributed by atoms with Crippen molar-refractivity contribution >= 4 is 75.1 Å². The van der Waals surface area contributed by atoms with E-state index in [0.29, 0.717) is 18.9 Å². The second kappa shape index (κ2) is 41.7. The number of unbranched alkanes of at least 4 members (excludes halogenated alkanes) is 1. The van der Waals surface area contributed by atoms with Gasteiger partial charge in [0.15, 0.2) is 17.9 Å². The molecule has 0 radical (unpaired) electrons. The zero-order valence-corrected chi connectivity index (χ0v) is 52.1. The Morgan fingerprint density at radius 3 is 1.67 bits per heavy atom. The fourth-order valence-corrected chi connectivity index (χ4v) is 9.45. The number of carboxylic acid groups (broad SMARTS) is 4. The first-order valence-corrected chi connectivity index (χ1v) is 29.8. The maximum absolute atomic E-state index is 14.1. The van der Waals surface area contributed by atoms with Crippen molar-refractivity contribution in [1.82, 2.24) is 35.6 Å². The molecule has 1 heterocycles. The topological polar surface area (TPSA) is 351 Å². The largest absolute Gasteiger partial charge is 0.480 e. The van der Waals surface area contributed by atoms with Crippen LogP contribution < -0.4 is 26.0 Å². The lowest BCUT2D eigenvalue weighted by Crippen LogP contribution is -2.52. The van der Waals surface area contributed by atoms with Crippen LogP contribution in [0.1, 0.15) is 75.0 Å². The number of benzene rings is 2. The Bertz CT molecular complexity index is 2610. The molecule has 1 aliphatic rings. The van der Waals surface area contributed by atoms with E-state index < -0.39 is 120 Å². The molecule has 0 aromatic heterocycles. The van der Waals surface area contributed by atoms with Gasteiger partial charge in [-0.05, 0) is 70.1 Å². The van der Waals surface area contributed by atoms with Crippen molar-refractivity contribution in [3.63, 3.8) is 0 Å². The fraction of sp³-hybridized carbons (Fsp3) is 0.632. The van der Waals surface area contributed by atoms with Crippen LogP contribution in [-0.4, -0.2) is 250 Å². The number of aryl methyl sites for hydroxylation is 2. The van der Waals surface area contributed by atoms with Crippen LogP contribution in [0.25, 0.3) is 0 Å². The maximum Gasteiger partial charge on any atom is 0.320 e. The summed E-state index contributed by atoms with van der Waals surface area (Å²) in [5.41, 5.74) is 3.02. The highest BCUT2D eigenvalue weighted by Gasteiger charge is 2.30. The molecule has 3 rings (SSSR count). The van der Waals surface area contributed by atoms with Crippen LogP contribution in [0.2, 0.25) is 0 Å². The molecular weight excluding hydrogens is 1260 g/mol. The Morgan fingerprint density at radius 1 is 0.596 bits per heavy atom. The van der Waals surface area contributed by atoms with Gasteiger partial charge in [-0.2, -0.15) is 8.78 Å². The quantitative estimate of drug-likeness (QED) is 0.0119. The van der Waals surface area contributed by atoms with Crippen molar-refractivity contribution in [3.05, 3.63) is 56.6 Å². The van der Waals surface area contributed by atoms with Gasteiger partial charge in [-0.15, -0.1) is 0 Å². The lowest BCUT2D eigenvalue weighted by molar-refractivity contribution is -0.145. The molecule has 8 N–H and O–H groups in total. The number of esters is 1. The van der Waals surface area contributed by atoms with Crippen LogP contribution >= 0.6 is 15.9 Å². The number of carboxylic acids is 4. The van der Waals surface area contributed by atoms with Gasteiger partial charge in [-0.1, -0.05) is 22.0 Å². The van der Waals surface area contributed by atoms with Crippen LogP contribution in [0, 0.1) is 44.0 Å². The molecule has 2 aromatic rings. The number of nitrogens with zero attached hydrogens (tertiary/aromatic N) is 4. The van der Waals surface area contributed by atoms with Crippen molar-refractivity contribution in [2.24, 2.45) is 0 Å². The Labute approximate surface area is 521 Å². The maximum atomic E-state index is 14.1. The fourth-order valence-electron chi connectivity index (χ4n) is 9.14. The highest BCUT2D eigenvalue weighted by molar-refractivity contribution is 9.10. The summed E-state index contributed by atoms with van der Waals surface area (Å²) in [5, 5.41) is 49.7. The summed E-state index contributed by atoms with van der Waals surface area (Å²) in [6.07, 6.45) is -3.05. The number of ether oxygens (including phenoxy) is 6. The summed E-state index contributed by atoms with van der Waals surface area (Å²) >= 11 is 3.53. The van der Waals surface area contributed by atoms with Crippen molar-refractivity contribution in [1.29, 1.82) is 0 Å². The second-order valence-corrected chi connectivity index (χ2v) is 21.5. The van der Waals surface area contributed by atoms with Gasteiger partial charge in [0.2, 0.25) is 41.0 Å². The average Bonchev–Trinajstić information content (AvgIpc) is 1.59. The Morgan fingerprint density at radius 2 is 1.11 bits per heavy atom. The predicted octanol–water partition coefficient (Wildman–Crippen LogP) is 2.67. The van der Waals surface area contributed by atoms with E-state index in [4.69, 9.17) is 23.7 Å². The predicted molar refractivity (Wildman–Crippen MR) is 313 cm³/mol. The van der Waals surface area contributed by atoms with Crippen molar-refractivity contribution in [2.75, 3.05) is 143 Å². The lowest BCUT2D eigenvalue weighted by Gasteiger charge is -2.35. The van der Waals surface area contributed by atoms with Gasteiger partial charge in [0.05, 0.1) is 72.5 Å². The third-order valence-corrected chi connectivity index (χ3v) is 15.0. The normalized spacial score (nSPS) is 15.0. The number of nitrogens with one attached hydrogen (secondary N) is 4. The van der Waals surface area contributed by atoms with Crippen LogP contribution in [0.5, 0.6) is 5.75 Å². The van der Waals surface area contributed by atoms with Crippen LogP contribution in [-0.2, 0) is 66.8 Å². The van der Waals surface area contributed by atoms with Gasteiger partial charge in [-0.25, -0.2) is 8.78 Å². The Balaban J connectivity index is 1.65. The van der Waals surface area contributed by atoms with Gasteiger partial charge >= 0.3 is 29.8 Å². The van der Waals surface area contributed by atoms with E-state index in [1.165, 1.54) is 0 Å². The van der Waals surface area contributed by atoms with Crippen LogP contribution in [0.3, 0.4) is 0 Å². The number of rotatable bonds is 40. The number of hydrogen-bond acceptors (Lipinski definition) is 19. The molecule has 3 atom stereocenters. The summed E-state index contributed by atoms with van der Waals surface area (Å²) < 4.78 is 88.9. The van der Waals surface area contributed by atoms with E-state index in [0.717, 1.165) is 21.2 Å². The summed E-state index contributed by atoms with van der Waals surface area (Å²) in [5.74, 6) is -17.4.